The minimum Gasteiger partial charge on any atom is -0.337 e. The van der Waals surface area contributed by atoms with Gasteiger partial charge in [0.05, 0.1) is 6.54 Å². The summed E-state index contributed by atoms with van der Waals surface area (Å²) in [6.45, 7) is 16.6. The zero-order valence-electron chi connectivity index (χ0n) is 14.9. The molecule has 4 heteroatoms. The van der Waals surface area contributed by atoms with E-state index in [1.807, 2.05) is 4.90 Å². The highest BCUT2D eigenvalue weighted by atomic mass is 16.2. The van der Waals surface area contributed by atoms with Gasteiger partial charge in [0.2, 0.25) is 5.91 Å². The Morgan fingerprint density at radius 2 is 1.71 bits per heavy atom. The van der Waals surface area contributed by atoms with Crippen molar-refractivity contribution >= 4 is 5.91 Å². The molecule has 0 aromatic carbocycles. The molecule has 1 saturated heterocycles. The average molecular weight is 297 g/mol. The minimum absolute atomic E-state index is 0.262. The van der Waals surface area contributed by atoms with Crippen molar-refractivity contribution in [2.75, 3.05) is 26.2 Å². The second-order valence-electron chi connectivity index (χ2n) is 7.22. The molecule has 1 aliphatic heterocycles. The number of nitrogens with zero attached hydrogens (tertiary/aromatic N) is 2. The van der Waals surface area contributed by atoms with E-state index in [1.165, 1.54) is 12.8 Å². The highest BCUT2D eigenvalue weighted by Gasteiger charge is 2.25. The highest BCUT2D eigenvalue weighted by Crippen LogP contribution is 2.15. The normalized spacial score (nSPS) is 19.8. The maximum Gasteiger partial charge on any atom is 0.237 e. The third-order valence-corrected chi connectivity index (χ3v) is 4.36. The van der Waals surface area contributed by atoms with Crippen LogP contribution in [0, 0.1) is 5.92 Å². The Balaban J connectivity index is 2.61. The first-order valence-electron chi connectivity index (χ1n) is 8.58. The lowest BCUT2D eigenvalue weighted by molar-refractivity contribution is -0.136. The molecule has 0 bridgehead atoms. The molecule has 4 nitrogen and oxygen atoms in total. The van der Waals surface area contributed by atoms with E-state index >= 15 is 0 Å². The summed E-state index contributed by atoms with van der Waals surface area (Å²) in [6.07, 6.45) is 2.54. The van der Waals surface area contributed by atoms with Gasteiger partial charge in [0.1, 0.15) is 0 Å². The van der Waals surface area contributed by atoms with Crippen LogP contribution in [-0.2, 0) is 4.79 Å². The summed E-state index contributed by atoms with van der Waals surface area (Å²) in [5.74, 6) is 0.943. The van der Waals surface area contributed by atoms with Crippen LogP contribution < -0.4 is 5.32 Å². The van der Waals surface area contributed by atoms with Gasteiger partial charge in [0, 0.05) is 24.7 Å². The molecule has 0 spiro atoms. The van der Waals surface area contributed by atoms with Gasteiger partial charge in [-0.25, -0.2) is 0 Å². The predicted octanol–water partition coefficient (Wildman–Crippen LogP) is 2.34. The summed E-state index contributed by atoms with van der Waals surface area (Å²) < 4.78 is 0. The van der Waals surface area contributed by atoms with Gasteiger partial charge >= 0.3 is 0 Å². The molecule has 1 fully saturated rings. The molecule has 1 N–H and O–H groups in total. The number of hydrogen-bond acceptors (Lipinski definition) is 3. The molecule has 1 heterocycles. The molecule has 0 saturated carbocycles. The number of hydrogen-bond donors (Lipinski definition) is 1. The van der Waals surface area contributed by atoms with E-state index in [-0.39, 0.29) is 18.0 Å². The monoisotopic (exact) mass is 297 g/mol. The Morgan fingerprint density at radius 1 is 1.10 bits per heavy atom. The number of carbonyl (C=O) groups excluding carboxylic acids is 1. The van der Waals surface area contributed by atoms with Crippen molar-refractivity contribution in [3.05, 3.63) is 0 Å². The fourth-order valence-corrected chi connectivity index (χ4v) is 3.30. The summed E-state index contributed by atoms with van der Waals surface area (Å²) in [4.78, 5) is 17.0. The van der Waals surface area contributed by atoms with Crippen LogP contribution >= 0.6 is 0 Å². The standard InChI is InChI=1S/C17H35N3O/c1-13(2)19(11-16-8-7-9-18-10-16)12-17(21)20(14(3)4)15(5)6/h13-16,18H,7-12H2,1-6H3. The van der Waals surface area contributed by atoms with E-state index in [4.69, 9.17) is 0 Å². The number of amides is 1. The molecule has 0 radical (unpaired) electrons. The molecule has 1 unspecified atom stereocenters. The van der Waals surface area contributed by atoms with Crippen LogP contribution in [-0.4, -0.2) is 60.0 Å². The SMILES string of the molecule is CC(C)N(CC(=O)N(C(C)C)C(C)C)CC1CCCNC1. The molecule has 124 valence electrons. The molecular weight excluding hydrogens is 262 g/mol. The molecular formula is C17H35N3O. The first-order valence-corrected chi connectivity index (χ1v) is 8.58. The van der Waals surface area contributed by atoms with E-state index < -0.39 is 0 Å². The summed E-state index contributed by atoms with van der Waals surface area (Å²) in [5.41, 5.74) is 0. The quantitative estimate of drug-likeness (QED) is 0.783. The minimum atomic E-state index is 0.262. The van der Waals surface area contributed by atoms with Gasteiger partial charge in [-0.3, -0.25) is 9.69 Å². The lowest BCUT2D eigenvalue weighted by atomic mass is 9.98. The predicted molar refractivity (Wildman–Crippen MR) is 89.4 cm³/mol. The summed E-state index contributed by atoms with van der Waals surface area (Å²) >= 11 is 0. The lowest BCUT2D eigenvalue weighted by Crippen LogP contribution is -2.50. The molecule has 21 heavy (non-hydrogen) atoms. The first kappa shape index (κ1) is 18.4. The van der Waals surface area contributed by atoms with Crippen LogP contribution in [0.5, 0.6) is 0 Å². The number of carbonyl (C=O) groups is 1. The van der Waals surface area contributed by atoms with Crippen LogP contribution in [0.25, 0.3) is 0 Å². The maximum atomic E-state index is 12.7. The van der Waals surface area contributed by atoms with Gasteiger partial charge in [-0.2, -0.15) is 0 Å². The second kappa shape index (κ2) is 8.74. The largest absolute Gasteiger partial charge is 0.337 e. The van der Waals surface area contributed by atoms with Gasteiger partial charge in [0.15, 0.2) is 0 Å². The van der Waals surface area contributed by atoms with Gasteiger partial charge < -0.3 is 10.2 Å². The van der Waals surface area contributed by atoms with Crippen molar-refractivity contribution < 1.29 is 4.79 Å². The van der Waals surface area contributed by atoms with Crippen molar-refractivity contribution in [1.82, 2.24) is 15.1 Å². The molecule has 0 aromatic heterocycles. The zero-order valence-corrected chi connectivity index (χ0v) is 14.9. The van der Waals surface area contributed by atoms with Crippen LogP contribution in [0.1, 0.15) is 54.4 Å². The molecule has 1 rings (SSSR count). The number of nitrogens with one attached hydrogen (secondary N) is 1. The van der Waals surface area contributed by atoms with E-state index in [2.05, 4.69) is 51.8 Å². The Labute approximate surface area is 131 Å². The fraction of sp³-hybridized carbons (Fsp3) is 0.941. The number of rotatable bonds is 7. The third-order valence-electron chi connectivity index (χ3n) is 4.36. The van der Waals surface area contributed by atoms with E-state index in [0.717, 1.165) is 19.6 Å². The highest BCUT2D eigenvalue weighted by molar-refractivity contribution is 5.78. The van der Waals surface area contributed by atoms with Crippen molar-refractivity contribution in [2.24, 2.45) is 5.92 Å². The van der Waals surface area contributed by atoms with E-state index in [9.17, 15) is 4.79 Å². The van der Waals surface area contributed by atoms with Crippen molar-refractivity contribution in [3.63, 3.8) is 0 Å². The van der Waals surface area contributed by atoms with Crippen molar-refractivity contribution in [3.8, 4) is 0 Å². The second-order valence-corrected chi connectivity index (χ2v) is 7.22. The van der Waals surface area contributed by atoms with Crippen LogP contribution in [0.4, 0.5) is 0 Å². The topological polar surface area (TPSA) is 35.6 Å². The van der Waals surface area contributed by atoms with E-state index in [0.29, 0.717) is 18.5 Å². The summed E-state index contributed by atoms with van der Waals surface area (Å²) in [5, 5.41) is 3.47. The van der Waals surface area contributed by atoms with Crippen LogP contribution in [0.15, 0.2) is 0 Å². The maximum absolute atomic E-state index is 12.7. The van der Waals surface area contributed by atoms with Gasteiger partial charge in [-0.15, -0.1) is 0 Å². The smallest absolute Gasteiger partial charge is 0.237 e. The fourth-order valence-electron chi connectivity index (χ4n) is 3.30. The molecule has 0 aromatic rings. The third kappa shape index (κ3) is 5.95. The molecule has 1 atom stereocenters. The average Bonchev–Trinajstić information content (AvgIpc) is 2.38. The number of piperidine rings is 1. The van der Waals surface area contributed by atoms with Gasteiger partial charge in [-0.05, 0) is 73.4 Å². The Hall–Kier alpha value is -0.610. The van der Waals surface area contributed by atoms with Crippen molar-refractivity contribution in [2.45, 2.75) is 72.5 Å². The van der Waals surface area contributed by atoms with Crippen LogP contribution in [0.3, 0.4) is 0 Å². The Kier molecular flexibility index (Phi) is 7.67. The first-order chi connectivity index (χ1) is 9.82. The van der Waals surface area contributed by atoms with E-state index in [1.54, 1.807) is 0 Å². The van der Waals surface area contributed by atoms with Gasteiger partial charge in [0.25, 0.3) is 0 Å². The van der Waals surface area contributed by atoms with Gasteiger partial charge in [-0.1, -0.05) is 0 Å². The Bertz CT molecular complexity index is 301. The van der Waals surface area contributed by atoms with Crippen molar-refractivity contribution in [1.29, 1.82) is 0 Å². The Morgan fingerprint density at radius 3 is 2.14 bits per heavy atom. The lowest BCUT2D eigenvalue weighted by Gasteiger charge is -2.36. The molecule has 0 aliphatic carbocycles. The summed E-state index contributed by atoms with van der Waals surface area (Å²) in [7, 11) is 0. The molecule has 1 amide bonds. The zero-order chi connectivity index (χ0) is 16.0. The molecule has 1 aliphatic rings. The summed E-state index contributed by atoms with van der Waals surface area (Å²) in [6, 6.07) is 0.947. The van der Waals surface area contributed by atoms with Crippen LogP contribution in [0.2, 0.25) is 0 Å².